The van der Waals surface area contributed by atoms with E-state index in [-0.39, 0.29) is 0 Å². The average molecular weight is 270 g/mol. The lowest BCUT2D eigenvalue weighted by atomic mass is 10.1. The van der Waals surface area contributed by atoms with Crippen molar-refractivity contribution >= 4 is 17.3 Å². The van der Waals surface area contributed by atoms with Crippen LogP contribution in [0.1, 0.15) is 25.7 Å². The van der Waals surface area contributed by atoms with Crippen molar-refractivity contribution in [3.8, 4) is 11.5 Å². The molecule has 1 aliphatic rings. The third-order valence-electron chi connectivity index (χ3n) is 3.53. The van der Waals surface area contributed by atoms with Gasteiger partial charge in [0.15, 0.2) is 0 Å². The molecule has 0 bridgehead atoms. The van der Waals surface area contributed by atoms with Gasteiger partial charge in [0, 0.05) is 18.7 Å². The molecule has 0 saturated heterocycles. The van der Waals surface area contributed by atoms with Gasteiger partial charge in [0.2, 0.25) is 0 Å². The standard InChI is InChI=1S/C14H20ClNO2/c1-17-13-8-12(14(18-2)7-11(13)15)16-9-10-5-3-4-6-10/h7-8,10,16H,3-6,9H2,1-2H3. The third kappa shape index (κ3) is 3.02. The van der Waals surface area contributed by atoms with Crippen LogP contribution >= 0.6 is 11.6 Å². The largest absolute Gasteiger partial charge is 0.495 e. The highest BCUT2D eigenvalue weighted by molar-refractivity contribution is 6.32. The first kappa shape index (κ1) is 13.3. The highest BCUT2D eigenvalue weighted by Gasteiger charge is 2.16. The molecule has 0 spiro atoms. The van der Waals surface area contributed by atoms with Crippen LogP contribution in [0.2, 0.25) is 5.02 Å². The quantitative estimate of drug-likeness (QED) is 0.878. The molecule has 2 rings (SSSR count). The first-order chi connectivity index (χ1) is 8.74. The molecule has 4 heteroatoms. The van der Waals surface area contributed by atoms with Crippen molar-refractivity contribution in [2.45, 2.75) is 25.7 Å². The Morgan fingerprint density at radius 1 is 1.17 bits per heavy atom. The maximum absolute atomic E-state index is 6.07. The number of benzene rings is 1. The van der Waals surface area contributed by atoms with Gasteiger partial charge in [-0.2, -0.15) is 0 Å². The fraction of sp³-hybridized carbons (Fsp3) is 0.571. The van der Waals surface area contributed by atoms with Crippen LogP contribution < -0.4 is 14.8 Å². The highest BCUT2D eigenvalue weighted by Crippen LogP contribution is 2.36. The second kappa shape index (κ2) is 6.19. The first-order valence-electron chi connectivity index (χ1n) is 6.40. The number of ether oxygens (including phenoxy) is 2. The summed E-state index contributed by atoms with van der Waals surface area (Å²) in [5.41, 5.74) is 0.950. The molecule has 1 fully saturated rings. The summed E-state index contributed by atoms with van der Waals surface area (Å²) in [6, 6.07) is 3.69. The molecular weight excluding hydrogens is 250 g/mol. The van der Waals surface area contributed by atoms with Gasteiger partial charge in [-0.3, -0.25) is 0 Å². The van der Waals surface area contributed by atoms with E-state index in [1.54, 1.807) is 20.3 Å². The van der Waals surface area contributed by atoms with Gasteiger partial charge in [0.1, 0.15) is 11.5 Å². The molecule has 1 aromatic carbocycles. The number of rotatable bonds is 5. The summed E-state index contributed by atoms with van der Waals surface area (Å²) in [7, 11) is 3.27. The second-order valence-electron chi connectivity index (χ2n) is 4.72. The van der Waals surface area contributed by atoms with Gasteiger partial charge in [0.05, 0.1) is 24.9 Å². The van der Waals surface area contributed by atoms with Crippen LogP contribution in [0.3, 0.4) is 0 Å². The maximum Gasteiger partial charge on any atom is 0.143 e. The lowest BCUT2D eigenvalue weighted by Gasteiger charge is -2.16. The Morgan fingerprint density at radius 2 is 1.83 bits per heavy atom. The van der Waals surface area contributed by atoms with Crippen molar-refractivity contribution in [2.75, 3.05) is 26.1 Å². The van der Waals surface area contributed by atoms with E-state index in [1.165, 1.54) is 25.7 Å². The average Bonchev–Trinajstić information content (AvgIpc) is 2.90. The zero-order chi connectivity index (χ0) is 13.0. The zero-order valence-electron chi connectivity index (χ0n) is 11.0. The number of hydrogen-bond acceptors (Lipinski definition) is 3. The van der Waals surface area contributed by atoms with Crippen molar-refractivity contribution in [3.05, 3.63) is 17.2 Å². The van der Waals surface area contributed by atoms with Crippen LogP contribution in [0.5, 0.6) is 11.5 Å². The fourth-order valence-electron chi connectivity index (χ4n) is 2.47. The van der Waals surface area contributed by atoms with E-state index in [1.807, 2.05) is 6.07 Å². The smallest absolute Gasteiger partial charge is 0.143 e. The predicted molar refractivity (Wildman–Crippen MR) is 75.0 cm³/mol. The minimum atomic E-state index is 0.570. The van der Waals surface area contributed by atoms with Crippen LogP contribution in [-0.2, 0) is 0 Å². The summed E-state index contributed by atoms with van der Waals surface area (Å²) in [4.78, 5) is 0. The molecule has 1 saturated carbocycles. The minimum absolute atomic E-state index is 0.570. The Bertz CT molecular complexity index is 403. The van der Waals surface area contributed by atoms with Gasteiger partial charge >= 0.3 is 0 Å². The Kier molecular flexibility index (Phi) is 4.59. The lowest BCUT2D eigenvalue weighted by molar-refractivity contribution is 0.404. The van der Waals surface area contributed by atoms with Crippen LogP contribution in [0.4, 0.5) is 5.69 Å². The maximum atomic E-state index is 6.07. The van der Waals surface area contributed by atoms with E-state index in [4.69, 9.17) is 21.1 Å². The Morgan fingerprint density at radius 3 is 2.44 bits per heavy atom. The first-order valence-corrected chi connectivity index (χ1v) is 6.77. The molecular formula is C14H20ClNO2. The fourth-order valence-corrected chi connectivity index (χ4v) is 2.70. The topological polar surface area (TPSA) is 30.5 Å². The van der Waals surface area contributed by atoms with Crippen LogP contribution in [-0.4, -0.2) is 20.8 Å². The van der Waals surface area contributed by atoms with E-state index in [2.05, 4.69) is 5.32 Å². The van der Waals surface area contributed by atoms with Crippen LogP contribution in [0, 0.1) is 5.92 Å². The van der Waals surface area contributed by atoms with Crippen LogP contribution in [0.25, 0.3) is 0 Å². The third-order valence-corrected chi connectivity index (χ3v) is 3.83. The van der Waals surface area contributed by atoms with Gasteiger partial charge < -0.3 is 14.8 Å². The monoisotopic (exact) mass is 269 g/mol. The van der Waals surface area contributed by atoms with Gasteiger partial charge in [-0.1, -0.05) is 24.4 Å². The SMILES string of the molecule is COc1cc(NCC2CCCC2)c(OC)cc1Cl. The van der Waals surface area contributed by atoms with Gasteiger partial charge in [-0.15, -0.1) is 0 Å². The minimum Gasteiger partial charge on any atom is -0.495 e. The Hall–Kier alpha value is -1.09. The Balaban J connectivity index is 2.09. The van der Waals surface area contributed by atoms with Crippen molar-refractivity contribution in [1.82, 2.24) is 0 Å². The molecule has 1 aliphatic carbocycles. The van der Waals surface area contributed by atoms with Crippen molar-refractivity contribution in [3.63, 3.8) is 0 Å². The summed E-state index contributed by atoms with van der Waals surface area (Å²) < 4.78 is 10.6. The van der Waals surface area contributed by atoms with E-state index < -0.39 is 0 Å². The van der Waals surface area contributed by atoms with Gasteiger partial charge in [-0.25, -0.2) is 0 Å². The summed E-state index contributed by atoms with van der Waals surface area (Å²) in [6.45, 7) is 0.987. The molecule has 0 atom stereocenters. The molecule has 3 nitrogen and oxygen atoms in total. The summed E-state index contributed by atoms with van der Waals surface area (Å²) >= 11 is 6.07. The molecule has 0 aliphatic heterocycles. The zero-order valence-corrected chi connectivity index (χ0v) is 11.7. The molecule has 1 aromatic rings. The molecule has 18 heavy (non-hydrogen) atoms. The summed E-state index contributed by atoms with van der Waals surface area (Å²) in [5.74, 6) is 2.21. The van der Waals surface area contributed by atoms with E-state index in [9.17, 15) is 0 Å². The summed E-state index contributed by atoms with van der Waals surface area (Å²) in [6.07, 6.45) is 5.35. The normalized spacial score (nSPS) is 15.7. The number of methoxy groups -OCH3 is 2. The van der Waals surface area contributed by atoms with E-state index >= 15 is 0 Å². The molecule has 0 aromatic heterocycles. The molecule has 0 radical (unpaired) electrons. The molecule has 0 unspecified atom stereocenters. The van der Waals surface area contributed by atoms with Gasteiger partial charge in [-0.05, 0) is 18.8 Å². The van der Waals surface area contributed by atoms with E-state index in [0.717, 1.165) is 23.9 Å². The summed E-state index contributed by atoms with van der Waals surface area (Å²) in [5, 5.41) is 4.01. The molecule has 0 amide bonds. The number of hydrogen-bond donors (Lipinski definition) is 1. The second-order valence-corrected chi connectivity index (χ2v) is 5.13. The molecule has 1 N–H and O–H groups in total. The number of nitrogens with one attached hydrogen (secondary N) is 1. The highest BCUT2D eigenvalue weighted by atomic mass is 35.5. The van der Waals surface area contributed by atoms with Crippen molar-refractivity contribution in [1.29, 1.82) is 0 Å². The predicted octanol–water partition coefficient (Wildman–Crippen LogP) is 3.96. The van der Waals surface area contributed by atoms with Crippen molar-refractivity contribution < 1.29 is 9.47 Å². The van der Waals surface area contributed by atoms with Gasteiger partial charge in [0.25, 0.3) is 0 Å². The molecule has 100 valence electrons. The molecule has 0 heterocycles. The Labute approximate surface area is 113 Å². The lowest BCUT2D eigenvalue weighted by Crippen LogP contribution is -2.11. The van der Waals surface area contributed by atoms with E-state index in [0.29, 0.717) is 10.8 Å². The number of halogens is 1. The number of anilines is 1. The van der Waals surface area contributed by atoms with Crippen LogP contribution in [0.15, 0.2) is 12.1 Å². The van der Waals surface area contributed by atoms with Crippen molar-refractivity contribution in [2.24, 2.45) is 5.92 Å².